The third kappa shape index (κ3) is 7.00. The fourth-order valence-electron chi connectivity index (χ4n) is 4.31. The monoisotopic (exact) mass is 519 g/mol. The molecule has 0 saturated carbocycles. The molecule has 1 atom stereocenters. The molecule has 196 valence electrons. The fraction of sp³-hybridized carbons (Fsp3) is 0.560. The quantitative estimate of drug-likeness (QED) is 0.441. The van der Waals surface area contributed by atoms with E-state index >= 15 is 0 Å². The molecule has 9 nitrogen and oxygen atoms in total. The number of benzene rings is 1. The molecule has 2 aliphatic heterocycles. The molecule has 0 bridgehead atoms. The lowest BCUT2D eigenvalue weighted by Gasteiger charge is -2.26. The zero-order valence-corrected chi connectivity index (χ0v) is 21.4. The molecular weight excluding hydrogens is 485 g/mol. The van der Waals surface area contributed by atoms with Crippen LogP contribution in [0.2, 0.25) is 0 Å². The Morgan fingerprint density at radius 1 is 1.25 bits per heavy atom. The first-order chi connectivity index (χ1) is 17.6. The van der Waals surface area contributed by atoms with E-state index in [-0.39, 0.29) is 30.9 Å². The van der Waals surface area contributed by atoms with Gasteiger partial charge in [0.1, 0.15) is 5.69 Å². The molecule has 0 spiro atoms. The molecule has 1 aromatic carbocycles. The van der Waals surface area contributed by atoms with E-state index in [9.17, 15) is 14.0 Å². The highest BCUT2D eigenvalue weighted by atomic mass is 32.1. The molecule has 2 saturated heterocycles. The third-order valence-electron chi connectivity index (χ3n) is 6.47. The first-order valence-electron chi connectivity index (χ1n) is 12.4. The van der Waals surface area contributed by atoms with Crippen LogP contribution >= 0.6 is 11.3 Å². The molecule has 0 radical (unpaired) electrons. The van der Waals surface area contributed by atoms with Crippen molar-refractivity contribution < 1.29 is 23.5 Å². The predicted molar refractivity (Wildman–Crippen MR) is 138 cm³/mol. The van der Waals surface area contributed by atoms with Gasteiger partial charge < -0.3 is 25.0 Å². The maximum atomic E-state index is 13.0. The number of thiazole rings is 1. The van der Waals surface area contributed by atoms with Crippen LogP contribution in [0.25, 0.3) is 0 Å². The van der Waals surface area contributed by atoms with Crippen LogP contribution in [-0.2, 0) is 15.9 Å². The first kappa shape index (κ1) is 26.5. The SMILES string of the molecule is CO[C@H]1CCN(c2nc(C(=O)Nc3ccc(CCN4CCOCC4)cc3C(=O)NCCCF)cs2)C1. The van der Waals surface area contributed by atoms with Crippen LogP contribution in [0, 0.1) is 0 Å². The van der Waals surface area contributed by atoms with Gasteiger partial charge in [0.05, 0.1) is 37.2 Å². The second-order valence-electron chi connectivity index (χ2n) is 8.94. The van der Waals surface area contributed by atoms with Gasteiger partial charge in [0, 0.05) is 51.8 Å². The molecule has 0 aliphatic carbocycles. The number of hydrogen-bond donors (Lipinski definition) is 2. The molecule has 3 heterocycles. The fourth-order valence-corrected chi connectivity index (χ4v) is 5.16. The van der Waals surface area contributed by atoms with Gasteiger partial charge in [-0.2, -0.15) is 0 Å². The molecule has 2 fully saturated rings. The van der Waals surface area contributed by atoms with Crippen LogP contribution in [0.1, 0.15) is 39.3 Å². The average Bonchev–Trinajstić information content (AvgIpc) is 3.59. The summed E-state index contributed by atoms with van der Waals surface area (Å²) in [7, 11) is 1.70. The van der Waals surface area contributed by atoms with Gasteiger partial charge in [0.25, 0.3) is 11.8 Å². The molecule has 2 amide bonds. The highest BCUT2D eigenvalue weighted by molar-refractivity contribution is 7.14. The Morgan fingerprint density at radius 2 is 2.08 bits per heavy atom. The minimum absolute atomic E-state index is 0.173. The molecule has 2 N–H and O–H groups in total. The number of nitrogens with one attached hydrogen (secondary N) is 2. The van der Waals surface area contributed by atoms with E-state index in [0.29, 0.717) is 16.9 Å². The Balaban J connectivity index is 1.45. The van der Waals surface area contributed by atoms with Crippen molar-refractivity contribution in [3.05, 3.63) is 40.4 Å². The minimum atomic E-state index is -0.502. The zero-order valence-electron chi connectivity index (χ0n) is 20.6. The van der Waals surface area contributed by atoms with Gasteiger partial charge in [0.2, 0.25) is 0 Å². The number of alkyl halides is 1. The van der Waals surface area contributed by atoms with Gasteiger partial charge in [-0.1, -0.05) is 6.07 Å². The zero-order chi connectivity index (χ0) is 25.3. The number of carbonyl (C=O) groups excluding carboxylic acids is 2. The number of rotatable bonds is 11. The summed E-state index contributed by atoms with van der Waals surface area (Å²) in [6.45, 7) is 5.43. The van der Waals surface area contributed by atoms with Crippen LogP contribution in [0.15, 0.2) is 23.6 Å². The molecule has 2 aliphatic rings. The highest BCUT2D eigenvalue weighted by Gasteiger charge is 2.25. The standard InChI is InChI=1S/C25H34FN5O4S/c1-34-19-6-10-31(16-19)25-29-22(17-36-25)24(33)28-21-4-3-18(5-9-30-11-13-35-14-12-30)15-20(21)23(32)27-8-2-7-26/h3-4,15,17,19H,2,5-14,16H2,1H3,(H,27,32)(H,28,33)/t19-/m0/s1. The van der Waals surface area contributed by atoms with Crippen molar-refractivity contribution in [1.82, 2.24) is 15.2 Å². The second kappa shape index (κ2) is 13.1. The minimum Gasteiger partial charge on any atom is -0.380 e. The number of halogens is 1. The Bertz CT molecular complexity index is 1030. The molecule has 2 aromatic rings. The van der Waals surface area contributed by atoms with Crippen molar-refractivity contribution in [1.29, 1.82) is 0 Å². The summed E-state index contributed by atoms with van der Waals surface area (Å²) in [5.41, 5.74) is 2.06. The van der Waals surface area contributed by atoms with E-state index < -0.39 is 6.67 Å². The van der Waals surface area contributed by atoms with Crippen LogP contribution in [0.5, 0.6) is 0 Å². The lowest BCUT2D eigenvalue weighted by Crippen LogP contribution is -2.37. The largest absolute Gasteiger partial charge is 0.380 e. The lowest BCUT2D eigenvalue weighted by molar-refractivity contribution is 0.0384. The van der Waals surface area contributed by atoms with Crippen LogP contribution < -0.4 is 15.5 Å². The molecular formula is C25H34FN5O4S. The summed E-state index contributed by atoms with van der Waals surface area (Å²) in [4.78, 5) is 34.9. The lowest BCUT2D eigenvalue weighted by atomic mass is 10.0. The molecule has 11 heteroatoms. The summed E-state index contributed by atoms with van der Waals surface area (Å²) in [6, 6.07) is 5.49. The normalized spacial score (nSPS) is 18.4. The van der Waals surface area contributed by atoms with Crippen molar-refractivity contribution >= 4 is 34.0 Å². The van der Waals surface area contributed by atoms with E-state index in [4.69, 9.17) is 9.47 Å². The topological polar surface area (TPSA) is 96.0 Å². The maximum absolute atomic E-state index is 13.0. The van der Waals surface area contributed by atoms with E-state index in [1.165, 1.54) is 11.3 Å². The number of anilines is 2. The van der Waals surface area contributed by atoms with Gasteiger partial charge in [-0.25, -0.2) is 4.98 Å². The van der Waals surface area contributed by atoms with E-state index in [1.54, 1.807) is 18.6 Å². The summed E-state index contributed by atoms with van der Waals surface area (Å²) < 4.78 is 23.4. The highest BCUT2D eigenvalue weighted by Crippen LogP contribution is 2.26. The smallest absolute Gasteiger partial charge is 0.275 e. The molecule has 1 aromatic heterocycles. The number of carbonyl (C=O) groups is 2. The Morgan fingerprint density at radius 3 is 2.83 bits per heavy atom. The summed E-state index contributed by atoms with van der Waals surface area (Å²) in [5.74, 6) is -0.715. The Kier molecular flexibility index (Phi) is 9.62. The number of ether oxygens (including phenoxy) is 2. The van der Waals surface area contributed by atoms with Crippen LogP contribution in [0.4, 0.5) is 15.2 Å². The summed E-state index contributed by atoms with van der Waals surface area (Å²) in [6.07, 6.45) is 2.11. The van der Waals surface area contributed by atoms with Crippen molar-refractivity contribution in [2.24, 2.45) is 0 Å². The van der Waals surface area contributed by atoms with E-state index in [1.807, 2.05) is 12.1 Å². The van der Waals surface area contributed by atoms with Crippen molar-refractivity contribution in [2.45, 2.75) is 25.4 Å². The summed E-state index contributed by atoms with van der Waals surface area (Å²) in [5, 5.41) is 8.11. The van der Waals surface area contributed by atoms with Crippen molar-refractivity contribution in [3.8, 4) is 0 Å². The number of hydrogen-bond acceptors (Lipinski definition) is 8. The van der Waals surface area contributed by atoms with Crippen LogP contribution in [-0.4, -0.2) is 94.1 Å². The van der Waals surface area contributed by atoms with Crippen LogP contribution in [0.3, 0.4) is 0 Å². The Labute approximate surface area is 215 Å². The van der Waals surface area contributed by atoms with Crippen molar-refractivity contribution in [2.75, 3.05) is 76.5 Å². The number of methoxy groups -OCH3 is 1. The number of amides is 2. The van der Waals surface area contributed by atoms with Crippen molar-refractivity contribution in [3.63, 3.8) is 0 Å². The number of aromatic nitrogens is 1. The van der Waals surface area contributed by atoms with Gasteiger partial charge in [-0.05, 0) is 37.0 Å². The maximum Gasteiger partial charge on any atom is 0.275 e. The first-order valence-corrected chi connectivity index (χ1v) is 13.3. The van der Waals surface area contributed by atoms with E-state index in [0.717, 1.165) is 69.5 Å². The summed E-state index contributed by atoms with van der Waals surface area (Å²) >= 11 is 1.41. The van der Waals surface area contributed by atoms with Gasteiger partial charge >= 0.3 is 0 Å². The number of nitrogens with zero attached hydrogens (tertiary/aromatic N) is 3. The second-order valence-corrected chi connectivity index (χ2v) is 9.78. The molecule has 36 heavy (non-hydrogen) atoms. The van der Waals surface area contributed by atoms with E-state index in [2.05, 4.69) is 25.4 Å². The average molecular weight is 520 g/mol. The number of morpholine rings is 1. The van der Waals surface area contributed by atoms with Gasteiger partial charge in [-0.15, -0.1) is 11.3 Å². The third-order valence-corrected chi connectivity index (χ3v) is 7.37. The molecule has 4 rings (SSSR count). The predicted octanol–water partition coefficient (Wildman–Crippen LogP) is 2.58. The Hall–Kier alpha value is -2.60. The molecule has 0 unspecified atom stereocenters. The van der Waals surface area contributed by atoms with Gasteiger partial charge in [-0.3, -0.25) is 18.9 Å². The van der Waals surface area contributed by atoms with Gasteiger partial charge in [0.15, 0.2) is 5.13 Å².